The molecule has 0 aliphatic carbocycles. The number of methoxy groups -OCH3 is 4. The number of carbonyl (C=O) groups is 5. The Labute approximate surface area is 800 Å². The van der Waals surface area contributed by atoms with Crippen molar-refractivity contribution >= 4 is 101 Å². The Hall–Kier alpha value is -16.2. The molecule has 8 heterocycles. The number of hydrogen-bond acceptors (Lipinski definition) is 19. The van der Waals surface area contributed by atoms with E-state index in [1.807, 2.05) is 291 Å². The van der Waals surface area contributed by atoms with Crippen molar-refractivity contribution in [3.8, 4) is 113 Å². The standard InChI is InChI=1S/C27H21N3O3.C27H19N3O2.C27H22N2O3.C27H20N2O3.Cl2OS.ClH.H3NO/c1-33-22-14-12-19(13-15-22)24-21(17-28-32)16-23-25(18-8-4-2-5-9-18)26(29-30(23)27(24)31)20-10-6-3-7-11-20;1-28-22-17-23-25(18-9-5-3-6-10-18)26(20-11-7-4-8-12-20)29-30(23)27(31)24(22)19-13-15-21(32-2)16-14-19;2*1-32-22-14-12-19(13-15-22)24-21(17-30)16-23-25(18-8-4-2-5-9-18)26(28-29(23)27(24)31)20-10-6-3-7-11-20;1-4(2)3;;1-2/h2-15,17,32H,16H2,1H3;3-16H,17H2,2H3;2-15,30H,16-17H2,1H3;2-15,17H,16H2,1H3;;1H;2H,1H2/b28-17+;;;;;;. The van der Waals surface area contributed by atoms with Crippen LogP contribution < -0.4 is 24.8 Å². The number of aldehydes is 1. The van der Waals surface area contributed by atoms with E-state index >= 15 is 0 Å². The molecule has 0 amide bonds. The highest BCUT2D eigenvalue weighted by atomic mass is 36.0. The lowest BCUT2D eigenvalue weighted by molar-refractivity contribution is -0.105. The lowest BCUT2D eigenvalue weighted by Gasteiger charge is -2.21. The summed E-state index contributed by atoms with van der Waals surface area (Å²) in [6, 6.07) is 108. The van der Waals surface area contributed by atoms with Crippen molar-refractivity contribution in [1.29, 1.82) is 0 Å². The molecule has 0 atom stereocenters. The van der Waals surface area contributed by atoms with E-state index in [1.165, 1.54) is 24.9 Å². The highest BCUT2D eigenvalue weighted by Gasteiger charge is 2.38. The maximum Gasteiger partial charge on any atom is 0.279 e. The zero-order valence-electron chi connectivity index (χ0n) is 73.6. The molecule has 0 saturated heterocycles. The van der Waals surface area contributed by atoms with Crippen LogP contribution in [0.2, 0.25) is 0 Å². The van der Waals surface area contributed by atoms with Crippen molar-refractivity contribution < 1.29 is 62.7 Å². The van der Waals surface area contributed by atoms with Gasteiger partial charge in [0.15, 0.2) is 5.70 Å². The monoisotopic (exact) mass is 1880 g/mol. The summed E-state index contributed by atoms with van der Waals surface area (Å²) in [5, 5.41) is 48.4. The largest absolute Gasteiger partial charge is 0.497 e. The number of ether oxygens (including phenoxy) is 4. The van der Waals surface area contributed by atoms with Gasteiger partial charge in [-0.3, -0.25) is 24.0 Å². The number of oxime groups is 1. The summed E-state index contributed by atoms with van der Waals surface area (Å²) in [5.74, 6) is 5.18. The second-order valence-electron chi connectivity index (χ2n) is 30.5. The number of fused-ring (bicyclic) bond motifs is 4. The molecule has 136 heavy (non-hydrogen) atoms. The molecule has 0 saturated carbocycles. The van der Waals surface area contributed by atoms with Gasteiger partial charge in [0.2, 0.25) is 9.23 Å². The van der Waals surface area contributed by atoms with Gasteiger partial charge in [-0.25, -0.2) is 19.6 Å². The maximum absolute atomic E-state index is 13.8. The van der Waals surface area contributed by atoms with Crippen LogP contribution in [-0.4, -0.2) is 130 Å². The number of hydrogen-bond donors (Lipinski definition) is 4. The van der Waals surface area contributed by atoms with Crippen LogP contribution in [0.5, 0.6) is 23.0 Å². The molecule has 0 radical (unpaired) electrons. The second-order valence-corrected chi connectivity index (χ2v) is 33.0. The molecule has 0 unspecified atom stereocenters. The van der Waals surface area contributed by atoms with Crippen LogP contribution in [0.1, 0.15) is 64.2 Å². The molecule has 4 aliphatic heterocycles. The minimum atomic E-state index is -1.67. The molecule has 20 rings (SSSR count). The summed E-state index contributed by atoms with van der Waals surface area (Å²) < 4.78 is 35.9. The third-order valence-corrected chi connectivity index (χ3v) is 22.9. The number of rotatable bonds is 19. The first kappa shape index (κ1) is 95.9. The summed E-state index contributed by atoms with van der Waals surface area (Å²) >= 11 is 0. The second kappa shape index (κ2) is 44.8. The van der Waals surface area contributed by atoms with Crippen molar-refractivity contribution in [3.63, 3.8) is 0 Å². The van der Waals surface area contributed by atoms with Gasteiger partial charge < -0.3 is 34.5 Å². The van der Waals surface area contributed by atoms with Gasteiger partial charge in [-0.15, -0.1) is 12.4 Å². The predicted octanol–water partition coefficient (Wildman–Crippen LogP) is 21.8. The maximum atomic E-state index is 13.8. The number of aliphatic hydroxyl groups is 1. The molecule has 24 nitrogen and oxygen atoms in total. The summed E-state index contributed by atoms with van der Waals surface area (Å²) in [5.41, 5.74) is 23.8. The molecule has 678 valence electrons. The van der Waals surface area contributed by atoms with Gasteiger partial charge in [0.25, 0.3) is 23.6 Å². The summed E-state index contributed by atoms with van der Waals surface area (Å²) in [6.45, 7) is 7.59. The SMILES string of the molecule is COc1ccc(C2=C(/C=N/O)Cc3c(-c4ccccc4)c(-c4ccccc4)nn3C2=O)cc1.COc1ccc(C2=C(C=O)Cc3c(-c4ccccc4)c(-c4ccccc4)nn3C2=O)cc1.COc1ccc(C2=C(CO)Cc3c(-c4ccccc4)c(-c4ccccc4)nn3C2=O)cc1.Cl.NO.O=S(Cl)Cl.[C-]#[N+]C1=C(c2ccc(OC)cc2)C(=O)n2nc(-c3ccccc3)c(-c3ccccc3)c2C1. The average Bonchev–Trinajstić information content (AvgIpc) is 1.62. The van der Waals surface area contributed by atoms with Crippen LogP contribution in [0, 0.1) is 6.57 Å². The molecule has 5 N–H and O–H groups in total. The van der Waals surface area contributed by atoms with Crippen molar-refractivity contribution in [3.05, 3.63) is 419 Å². The first-order valence-corrected chi connectivity index (χ1v) is 45.1. The highest BCUT2D eigenvalue weighted by molar-refractivity contribution is 8.26. The van der Waals surface area contributed by atoms with Crippen LogP contribution in [0.3, 0.4) is 0 Å². The number of nitrogens with two attached hydrogens (primary N) is 1. The van der Waals surface area contributed by atoms with Gasteiger partial charge in [0.1, 0.15) is 52.1 Å². The van der Waals surface area contributed by atoms with Gasteiger partial charge in [-0.1, -0.05) is 296 Å². The number of aromatic nitrogens is 8. The van der Waals surface area contributed by atoms with Crippen LogP contribution in [0.15, 0.2) is 367 Å². The fourth-order valence-corrected chi connectivity index (χ4v) is 16.8. The Morgan fingerprint density at radius 2 is 0.588 bits per heavy atom. The first-order chi connectivity index (χ1) is 66.1. The van der Waals surface area contributed by atoms with Gasteiger partial charge in [-0.2, -0.15) is 34.4 Å². The predicted molar refractivity (Wildman–Crippen MR) is 532 cm³/mol. The van der Waals surface area contributed by atoms with E-state index in [0.29, 0.717) is 110 Å². The molecule has 16 aromatic rings. The van der Waals surface area contributed by atoms with Crippen LogP contribution in [0.25, 0.3) is 117 Å². The first-order valence-electron chi connectivity index (χ1n) is 42.3. The van der Waals surface area contributed by atoms with E-state index < -0.39 is 9.23 Å². The van der Waals surface area contributed by atoms with Gasteiger partial charge >= 0.3 is 0 Å². The molecule has 0 fully saturated rings. The smallest absolute Gasteiger partial charge is 0.279 e. The van der Waals surface area contributed by atoms with E-state index in [0.717, 1.165) is 124 Å². The molecule has 4 aliphatic rings. The molecule has 12 aromatic carbocycles. The number of nitrogens with zero attached hydrogens (tertiary/aromatic N) is 10. The topological polar surface area (TPSA) is 314 Å². The Balaban J connectivity index is 0.000000142. The minimum absolute atomic E-state index is 0. The van der Waals surface area contributed by atoms with Gasteiger partial charge in [0, 0.05) is 97.1 Å². The minimum Gasteiger partial charge on any atom is -0.497 e. The summed E-state index contributed by atoms with van der Waals surface area (Å²) in [6.07, 6.45) is 3.60. The normalized spacial score (nSPS) is 12.8. The highest BCUT2D eigenvalue weighted by Crippen LogP contribution is 2.46. The third kappa shape index (κ3) is 20.4. The molecular weight excluding hydrogens is 1800 g/mol. The molecule has 0 bridgehead atoms. The number of benzene rings is 12. The number of carbonyl (C=O) groups excluding carboxylic acids is 5. The van der Waals surface area contributed by atoms with Crippen molar-refractivity contribution in [2.24, 2.45) is 11.1 Å². The lowest BCUT2D eigenvalue weighted by Crippen LogP contribution is -2.25. The lowest BCUT2D eigenvalue weighted by atomic mass is 9.90. The van der Waals surface area contributed by atoms with Gasteiger partial charge in [-0.05, 0) is 104 Å². The zero-order chi connectivity index (χ0) is 94.6. The number of halogens is 3. The summed E-state index contributed by atoms with van der Waals surface area (Å²) in [4.78, 5) is 70.5. The Bertz CT molecular complexity index is 7250. The van der Waals surface area contributed by atoms with Crippen LogP contribution in [-0.2, 0) is 39.7 Å². The Morgan fingerprint density at radius 3 is 0.846 bits per heavy atom. The summed E-state index contributed by atoms with van der Waals surface area (Å²) in [7, 11) is 13.7. The van der Waals surface area contributed by atoms with Crippen molar-refractivity contribution in [1.82, 2.24) is 39.1 Å². The van der Waals surface area contributed by atoms with Crippen molar-refractivity contribution in [2.75, 3.05) is 35.0 Å². The van der Waals surface area contributed by atoms with E-state index in [9.17, 15) is 34.3 Å². The zero-order valence-corrected chi connectivity index (χ0v) is 76.7. The Morgan fingerprint density at radius 1 is 0.360 bits per heavy atom. The van der Waals surface area contributed by atoms with Crippen molar-refractivity contribution in [2.45, 2.75) is 25.7 Å². The van der Waals surface area contributed by atoms with Crippen LogP contribution in [0.4, 0.5) is 0 Å². The fraction of sp³-hybridized carbons (Fsp3) is 0.0833. The quantitative estimate of drug-likeness (QED) is 0.0146. The van der Waals surface area contributed by atoms with E-state index in [-0.39, 0.29) is 42.6 Å². The third-order valence-electron chi connectivity index (χ3n) is 22.9. The van der Waals surface area contributed by atoms with Crippen LogP contribution >= 0.6 is 33.8 Å². The van der Waals surface area contributed by atoms with E-state index in [1.54, 1.807) is 77.0 Å². The Kier molecular flexibility index (Phi) is 31.6. The molecule has 0 spiro atoms. The van der Waals surface area contributed by atoms with E-state index in [2.05, 4.69) is 37.3 Å². The average molecular weight is 1880 g/mol. The number of aliphatic hydroxyl groups excluding tert-OH is 1. The van der Waals surface area contributed by atoms with E-state index in [4.69, 9.17) is 55.3 Å². The molecular formula is C108H86Cl3N11O13S. The molecule has 28 heteroatoms. The van der Waals surface area contributed by atoms with Gasteiger partial charge in [0.05, 0.1) is 92.9 Å². The molecule has 4 aromatic heterocycles. The fourth-order valence-electron chi connectivity index (χ4n) is 16.8. The number of allylic oxidation sites excluding steroid dienone is 7.